The molecule has 0 aromatic heterocycles. The smallest absolute Gasteiger partial charge is 0.307 e. The van der Waals surface area contributed by atoms with Crippen LogP contribution in [0.3, 0.4) is 0 Å². The quantitative estimate of drug-likeness (QED) is 0.306. The van der Waals surface area contributed by atoms with Crippen molar-refractivity contribution < 1.29 is 29.4 Å². The highest BCUT2D eigenvalue weighted by atomic mass is 16.4. The summed E-state index contributed by atoms with van der Waals surface area (Å²) in [6, 6.07) is 0. The number of hydrogen-bond donors (Lipinski definition) is 5. The van der Waals surface area contributed by atoms with Crippen molar-refractivity contribution in [3.63, 3.8) is 0 Å². The monoisotopic (exact) mass is 412 g/mol. The van der Waals surface area contributed by atoms with Gasteiger partial charge in [0.2, 0.25) is 17.7 Å². The van der Waals surface area contributed by atoms with E-state index in [0.29, 0.717) is 38.3 Å². The van der Waals surface area contributed by atoms with E-state index in [1.54, 1.807) is 4.90 Å². The Morgan fingerprint density at radius 3 is 2.48 bits per heavy atom. The predicted octanol–water partition coefficient (Wildman–Crippen LogP) is -0.970. The minimum atomic E-state index is -1.19. The molecule has 2 heterocycles. The first-order valence-corrected chi connectivity index (χ1v) is 10.3. The molecular formula is C19H32N4O6. The molecule has 0 radical (unpaired) electrons. The van der Waals surface area contributed by atoms with Gasteiger partial charge in [0.25, 0.3) is 0 Å². The number of nitrogens with one attached hydrogen (secondary N) is 3. The molecule has 2 rings (SSSR count). The van der Waals surface area contributed by atoms with Crippen molar-refractivity contribution in [2.24, 2.45) is 11.8 Å². The Labute approximate surface area is 170 Å². The molecule has 0 unspecified atom stereocenters. The first-order valence-electron chi connectivity index (χ1n) is 10.3. The number of aliphatic carboxylic acids is 1. The lowest BCUT2D eigenvalue weighted by atomic mass is 9.92. The molecule has 10 nitrogen and oxygen atoms in total. The van der Waals surface area contributed by atoms with Gasteiger partial charge in [-0.3, -0.25) is 19.2 Å². The van der Waals surface area contributed by atoms with E-state index in [1.807, 2.05) is 0 Å². The van der Waals surface area contributed by atoms with E-state index < -0.39 is 42.9 Å². The number of hydrogen-bond acceptors (Lipinski definition) is 6. The van der Waals surface area contributed by atoms with Gasteiger partial charge >= 0.3 is 5.97 Å². The van der Waals surface area contributed by atoms with Gasteiger partial charge in [0.15, 0.2) is 0 Å². The predicted molar refractivity (Wildman–Crippen MR) is 104 cm³/mol. The van der Waals surface area contributed by atoms with Gasteiger partial charge in [0.05, 0.1) is 12.3 Å². The molecular weight excluding hydrogens is 380 g/mol. The van der Waals surface area contributed by atoms with Gasteiger partial charge in [0, 0.05) is 19.5 Å². The fraction of sp³-hybridized carbons (Fsp3) is 0.789. The van der Waals surface area contributed by atoms with Gasteiger partial charge in [-0.15, -0.1) is 0 Å². The number of rotatable bonds is 9. The molecule has 29 heavy (non-hydrogen) atoms. The van der Waals surface area contributed by atoms with Crippen molar-refractivity contribution in [3.8, 4) is 0 Å². The number of carbonyl (C=O) groups is 4. The van der Waals surface area contributed by atoms with E-state index in [9.17, 15) is 19.2 Å². The summed E-state index contributed by atoms with van der Waals surface area (Å²) in [5.74, 6) is -2.19. The number of aliphatic hydroxyl groups excluding tert-OH is 1. The van der Waals surface area contributed by atoms with Crippen molar-refractivity contribution in [1.29, 1.82) is 0 Å². The summed E-state index contributed by atoms with van der Waals surface area (Å²) in [7, 11) is 0. The maximum Gasteiger partial charge on any atom is 0.307 e. The zero-order valence-electron chi connectivity index (χ0n) is 16.7. The van der Waals surface area contributed by atoms with Gasteiger partial charge in [-0.05, 0) is 51.1 Å². The Morgan fingerprint density at radius 1 is 1.10 bits per heavy atom. The summed E-state index contributed by atoms with van der Waals surface area (Å²) in [6.45, 7) is 2.11. The molecule has 5 N–H and O–H groups in total. The van der Waals surface area contributed by atoms with Crippen LogP contribution in [0.2, 0.25) is 0 Å². The second kappa shape index (κ2) is 11.7. The van der Waals surface area contributed by atoms with Crippen molar-refractivity contribution in [2.75, 3.05) is 32.8 Å². The lowest BCUT2D eigenvalue weighted by Crippen LogP contribution is -2.53. The van der Waals surface area contributed by atoms with Crippen molar-refractivity contribution in [1.82, 2.24) is 20.9 Å². The van der Waals surface area contributed by atoms with E-state index in [-0.39, 0.29) is 5.91 Å². The minimum Gasteiger partial charge on any atom is -0.481 e. The average Bonchev–Trinajstić information content (AvgIpc) is 2.72. The summed E-state index contributed by atoms with van der Waals surface area (Å²) in [5.41, 5.74) is 0. The van der Waals surface area contributed by atoms with E-state index in [4.69, 9.17) is 10.2 Å². The average molecular weight is 412 g/mol. The molecule has 3 amide bonds. The summed E-state index contributed by atoms with van der Waals surface area (Å²) in [6.07, 6.45) is 3.20. The van der Waals surface area contributed by atoms with Crippen molar-refractivity contribution in [2.45, 2.75) is 51.1 Å². The lowest BCUT2D eigenvalue weighted by molar-refractivity contribution is -0.138. The van der Waals surface area contributed by atoms with Crippen LogP contribution in [-0.4, -0.2) is 77.8 Å². The normalized spacial score (nSPS) is 21.3. The maximum absolute atomic E-state index is 12.6. The first-order chi connectivity index (χ1) is 13.9. The van der Waals surface area contributed by atoms with Crippen LogP contribution < -0.4 is 16.0 Å². The minimum absolute atomic E-state index is 0.0525. The Morgan fingerprint density at radius 2 is 1.83 bits per heavy atom. The van der Waals surface area contributed by atoms with Gasteiger partial charge in [0.1, 0.15) is 12.8 Å². The molecule has 2 fully saturated rings. The molecule has 2 aliphatic heterocycles. The molecule has 2 aliphatic rings. The maximum atomic E-state index is 12.6. The zero-order chi connectivity index (χ0) is 21.2. The van der Waals surface area contributed by atoms with Crippen LogP contribution in [0.15, 0.2) is 0 Å². The third-order valence-corrected chi connectivity index (χ3v) is 5.54. The van der Waals surface area contributed by atoms with E-state index in [1.165, 1.54) is 0 Å². The molecule has 0 aliphatic carbocycles. The fourth-order valence-electron chi connectivity index (χ4n) is 3.92. The van der Waals surface area contributed by atoms with Gasteiger partial charge in [-0.1, -0.05) is 0 Å². The van der Waals surface area contributed by atoms with Crippen LogP contribution in [0.5, 0.6) is 0 Å². The molecule has 2 atom stereocenters. The molecule has 0 aromatic carbocycles. The second-order valence-electron chi connectivity index (χ2n) is 7.80. The Balaban J connectivity index is 1.83. The summed E-state index contributed by atoms with van der Waals surface area (Å²) in [5, 5.41) is 25.9. The lowest BCUT2D eigenvalue weighted by Gasteiger charge is -2.33. The highest BCUT2D eigenvalue weighted by molar-refractivity contribution is 5.83. The summed E-state index contributed by atoms with van der Waals surface area (Å²) >= 11 is 0. The first kappa shape index (κ1) is 23.1. The van der Waals surface area contributed by atoms with E-state index in [0.717, 1.165) is 32.4 Å². The topological polar surface area (TPSA) is 148 Å². The number of carbonyl (C=O) groups excluding carboxylic acids is 3. The fourth-order valence-corrected chi connectivity index (χ4v) is 3.92. The zero-order valence-corrected chi connectivity index (χ0v) is 16.7. The third-order valence-electron chi connectivity index (χ3n) is 5.54. The standard InChI is InChI=1S/C19H32N4O6/c24-12-16(25)21-15(10-18(27)28)22-19(29)14-2-1-9-23(11-14)17(26)4-3-13-5-7-20-8-6-13/h13-15,20,24H,1-12H2,(H,21,25)(H,22,29)(H,27,28)/t14-,15-/m1/s1. The molecule has 0 spiro atoms. The van der Waals surface area contributed by atoms with Crippen molar-refractivity contribution in [3.05, 3.63) is 0 Å². The summed E-state index contributed by atoms with van der Waals surface area (Å²) in [4.78, 5) is 49.2. The molecule has 0 saturated carbocycles. The Kier molecular flexibility index (Phi) is 9.33. The number of aliphatic hydroxyl groups is 1. The van der Waals surface area contributed by atoms with Crippen molar-refractivity contribution >= 4 is 23.7 Å². The SMILES string of the molecule is O=C(O)C[C@H](NC(=O)CO)NC(=O)[C@@H]1CCCN(C(=O)CCC2CCNCC2)C1. The molecule has 164 valence electrons. The van der Waals surface area contributed by atoms with Crippen LogP contribution in [0.4, 0.5) is 0 Å². The number of carboxylic acid groups (broad SMARTS) is 1. The number of carboxylic acids is 1. The highest BCUT2D eigenvalue weighted by Gasteiger charge is 2.30. The third kappa shape index (κ3) is 7.98. The van der Waals surface area contributed by atoms with Gasteiger partial charge in [-0.2, -0.15) is 0 Å². The van der Waals surface area contributed by atoms with E-state index in [2.05, 4.69) is 16.0 Å². The van der Waals surface area contributed by atoms with Crippen LogP contribution in [0.25, 0.3) is 0 Å². The van der Waals surface area contributed by atoms with Gasteiger partial charge in [-0.25, -0.2) is 0 Å². The molecule has 10 heteroatoms. The van der Waals surface area contributed by atoms with Crippen LogP contribution >= 0.6 is 0 Å². The number of amides is 3. The second-order valence-corrected chi connectivity index (χ2v) is 7.80. The number of nitrogens with zero attached hydrogens (tertiary/aromatic N) is 1. The molecule has 0 bridgehead atoms. The number of likely N-dealkylation sites (tertiary alicyclic amines) is 1. The molecule has 2 saturated heterocycles. The Hall–Kier alpha value is -2.20. The number of piperidine rings is 2. The molecule has 0 aromatic rings. The van der Waals surface area contributed by atoms with Crippen LogP contribution in [0, 0.1) is 11.8 Å². The largest absolute Gasteiger partial charge is 0.481 e. The summed E-state index contributed by atoms with van der Waals surface area (Å²) < 4.78 is 0. The van der Waals surface area contributed by atoms with E-state index >= 15 is 0 Å². The Bertz CT molecular complexity index is 593. The van der Waals surface area contributed by atoms with Gasteiger partial charge < -0.3 is 31.1 Å². The van der Waals surface area contributed by atoms with Crippen LogP contribution in [0.1, 0.15) is 44.9 Å². The van der Waals surface area contributed by atoms with Crippen LogP contribution in [-0.2, 0) is 19.2 Å². The highest BCUT2D eigenvalue weighted by Crippen LogP contribution is 2.21.